The molecule has 0 spiro atoms. The molecule has 1 N–H and O–H groups in total. The number of carboxylic acid groups (broad SMARTS) is 1. The lowest BCUT2D eigenvalue weighted by atomic mass is 10.2. The van der Waals surface area contributed by atoms with Crippen molar-refractivity contribution in [3.63, 3.8) is 0 Å². The highest BCUT2D eigenvalue weighted by molar-refractivity contribution is 7.99. The van der Waals surface area contributed by atoms with E-state index in [1.165, 1.54) is 30.0 Å². The standard InChI is InChI=1S/C12H15FO2S/c1-3-8(2)7-16-11-6-9(12(14)15)4-5-10(11)13/h4-6,8H,3,7H2,1-2H3,(H,14,15). The third-order valence-corrected chi connectivity index (χ3v) is 3.76. The summed E-state index contributed by atoms with van der Waals surface area (Å²) in [6.45, 7) is 4.17. The van der Waals surface area contributed by atoms with Crippen molar-refractivity contribution in [1.29, 1.82) is 0 Å². The zero-order chi connectivity index (χ0) is 12.1. The molecule has 0 saturated heterocycles. The second-order valence-electron chi connectivity index (χ2n) is 3.77. The highest BCUT2D eigenvalue weighted by Crippen LogP contribution is 2.25. The summed E-state index contributed by atoms with van der Waals surface area (Å²) in [5, 5.41) is 8.79. The molecule has 0 aliphatic heterocycles. The lowest BCUT2D eigenvalue weighted by molar-refractivity contribution is 0.0696. The van der Waals surface area contributed by atoms with Gasteiger partial charge in [0.05, 0.1) is 5.56 Å². The number of carbonyl (C=O) groups is 1. The van der Waals surface area contributed by atoms with Crippen molar-refractivity contribution in [2.24, 2.45) is 5.92 Å². The SMILES string of the molecule is CCC(C)CSc1cc(C(=O)O)ccc1F. The molecule has 0 aliphatic carbocycles. The lowest BCUT2D eigenvalue weighted by Gasteiger charge is -2.08. The number of hydrogen-bond acceptors (Lipinski definition) is 2. The molecule has 1 aromatic rings. The third-order valence-electron chi connectivity index (χ3n) is 2.40. The molecule has 1 atom stereocenters. The van der Waals surface area contributed by atoms with Gasteiger partial charge in [-0.15, -0.1) is 11.8 Å². The molecule has 0 aliphatic rings. The molecule has 1 rings (SSSR count). The Morgan fingerprint density at radius 1 is 1.56 bits per heavy atom. The summed E-state index contributed by atoms with van der Waals surface area (Å²) in [6, 6.07) is 3.89. The molecule has 2 nitrogen and oxygen atoms in total. The first-order valence-electron chi connectivity index (χ1n) is 5.20. The van der Waals surface area contributed by atoms with Crippen LogP contribution in [0.1, 0.15) is 30.6 Å². The largest absolute Gasteiger partial charge is 0.478 e. The predicted molar refractivity (Wildman–Crippen MR) is 63.5 cm³/mol. The van der Waals surface area contributed by atoms with Crippen LogP contribution in [0.3, 0.4) is 0 Å². The summed E-state index contributed by atoms with van der Waals surface area (Å²) in [5.74, 6) is -0.0715. The molecule has 16 heavy (non-hydrogen) atoms. The first kappa shape index (κ1) is 13.0. The van der Waals surface area contributed by atoms with Crippen molar-refractivity contribution in [3.8, 4) is 0 Å². The maximum atomic E-state index is 13.4. The average molecular weight is 242 g/mol. The normalized spacial score (nSPS) is 12.4. The van der Waals surface area contributed by atoms with Gasteiger partial charge in [-0.3, -0.25) is 0 Å². The number of halogens is 1. The van der Waals surface area contributed by atoms with Crippen molar-refractivity contribution in [1.82, 2.24) is 0 Å². The van der Waals surface area contributed by atoms with E-state index >= 15 is 0 Å². The Balaban J connectivity index is 2.78. The Labute approximate surface area is 98.9 Å². The van der Waals surface area contributed by atoms with Gasteiger partial charge in [-0.1, -0.05) is 20.3 Å². The van der Waals surface area contributed by atoms with E-state index in [-0.39, 0.29) is 11.4 Å². The van der Waals surface area contributed by atoms with Gasteiger partial charge in [0.2, 0.25) is 0 Å². The molecule has 0 saturated carbocycles. The highest BCUT2D eigenvalue weighted by Gasteiger charge is 2.09. The summed E-state index contributed by atoms with van der Waals surface area (Å²) in [6.07, 6.45) is 1.03. The minimum absolute atomic E-state index is 0.132. The molecule has 0 aromatic heterocycles. The lowest BCUT2D eigenvalue weighted by Crippen LogP contribution is -1.99. The first-order valence-corrected chi connectivity index (χ1v) is 6.18. The van der Waals surface area contributed by atoms with Gasteiger partial charge >= 0.3 is 5.97 Å². The summed E-state index contributed by atoms with van der Waals surface area (Å²) < 4.78 is 13.4. The van der Waals surface area contributed by atoms with Crippen molar-refractivity contribution in [2.75, 3.05) is 5.75 Å². The van der Waals surface area contributed by atoms with Gasteiger partial charge in [0.15, 0.2) is 0 Å². The topological polar surface area (TPSA) is 37.3 Å². The second-order valence-corrected chi connectivity index (χ2v) is 4.84. The molecule has 88 valence electrons. The number of rotatable bonds is 5. The van der Waals surface area contributed by atoms with E-state index in [0.717, 1.165) is 12.2 Å². The maximum Gasteiger partial charge on any atom is 0.335 e. The van der Waals surface area contributed by atoms with Crippen LogP contribution >= 0.6 is 11.8 Å². The van der Waals surface area contributed by atoms with E-state index in [9.17, 15) is 9.18 Å². The molecule has 0 radical (unpaired) electrons. The minimum Gasteiger partial charge on any atom is -0.478 e. The van der Waals surface area contributed by atoms with E-state index < -0.39 is 5.97 Å². The fraction of sp³-hybridized carbons (Fsp3) is 0.417. The van der Waals surface area contributed by atoms with E-state index in [1.807, 2.05) is 0 Å². The van der Waals surface area contributed by atoms with Crippen LogP contribution in [0.2, 0.25) is 0 Å². The van der Waals surface area contributed by atoms with Crippen LogP contribution in [-0.4, -0.2) is 16.8 Å². The van der Waals surface area contributed by atoms with Crippen LogP contribution in [0.5, 0.6) is 0 Å². The Hall–Kier alpha value is -1.03. The van der Waals surface area contributed by atoms with Crippen molar-refractivity contribution >= 4 is 17.7 Å². The van der Waals surface area contributed by atoms with E-state index in [4.69, 9.17) is 5.11 Å². The van der Waals surface area contributed by atoms with Gasteiger partial charge in [-0.2, -0.15) is 0 Å². The Morgan fingerprint density at radius 2 is 2.25 bits per heavy atom. The fourth-order valence-corrected chi connectivity index (χ4v) is 2.21. The Kier molecular flexibility index (Phi) is 4.80. The molecule has 0 bridgehead atoms. The first-order chi connectivity index (χ1) is 7.54. The summed E-state index contributed by atoms with van der Waals surface area (Å²) in [7, 11) is 0. The van der Waals surface area contributed by atoms with E-state index in [2.05, 4.69) is 13.8 Å². The zero-order valence-corrected chi connectivity index (χ0v) is 10.2. The van der Waals surface area contributed by atoms with Crippen LogP contribution < -0.4 is 0 Å². The molecule has 0 fully saturated rings. The van der Waals surface area contributed by atoms with Gasteiger partial charge in [0.25, 0.3) is 0 Å². The quantitative estimate of drug-likeness (QED) is 0.800. The monoisotopic (exact) mass is 242 g/mol. The van der Waals surface area contributed by atoms with E-state index in [1.54, 1.807) is 0 Å². The van der Waals surface area contributed by atoms with Crippen LogP contribution in [0.15, 0.2) is 23.1 Å². The molecule has 4 heteroatoms. The van der Waals surface area contributed by atoms with Gasteiger partial charge in [-0.05, 0) is 24.1 Å². The minimum atomic E-state index is -1.02. The van der Waals surface area contributed by atoms with Gasteiger partial charge in [0.1, 0.15) is 5.82 Å². The predicted octanol–water partition coefficient (Wildman–Crippen LogP) is 3.66. The maximum absolute atomic E-state index is 13.4. The fourth-order valence-electron chi connectivity index (χ4n) is 1.10. The summed E-state index contributed by atoms with van der Waals surface area (Å²) in [4.78, 5) is 11.1. The smallest absolute Gasteiger partial charge is 0.335 e. The third kappa shape index (κ3) is 3.52. The highest BCUT2D eigenvalue weighted by atomic mass is 32.2. The number of carboxylic acids is 1. The zero-order valence-electron chi connectivity index (χ0n) is 9.37. The van der Waals surface area contributed by atoms with Crippen molar-refractivity contribution in [3.05, 3.63) is 29.6 Å². The van der Waals surface area contributed by atoms with Gasteiger partial charge < -0.3 is 5.11 Å². The van der Waals surface area contributed by atoms with E-state index in [0.29, 0.717) is 10.8 Å². The average Bonchev–Trinajstić information content (AvgIpc) is 2.27. The van der Waals surface area contributed by atoms with Crippen molar-refractivity contribution in [2.45, 2.75) is 25.2 Å². The summed E-state index contributed by atoms with van der Waals surface area (Å²) >= 11 is 1.37. The Morgan fingerprint density at radius 3 is 2.81 bits per heavy atom. The van der Waals surface area contributed by atoms with Crippen LogP contribution in [0.25, 0.3) is 0 Å². The molecular weight excluding hydrogens is 227 g/mol. The molecule has 1 aromatic carbocycles. The Bertz CT molecular complexity index is 379. The number of benzene rings is 1. The van der Waals surface area contributed by atoms with Gasteiger partial charge in [0, 0.05) is 10.6 Å². The second kappa shape index (κ2) is 5.89. The number of aromatic carboxylic acids is 1. The number of thioether (sulfide) groups is 1. The molecule has 0 heterocycles. The molecular formula is C12H15FO2S. The molecule has 0 amide bonds. The summed E-state index contributed by atoms with van der Waals surface area (Å²) in [5.41, 5.74) is 0.132. The molecule has 1 unspecified atom stereocenters. The van der Waals surface area contributed by atoms with Crippen LogP contribution in [-0.2, 0) is 0 Å². The van der Waals surface area contributed by atoms with Gasteiger partial charge in [-0.25, -0.2) is 9.18 Å². The van der Waals surface area contributed by atoms with Crippen molar-refractivity contribution < 1.29 is 14.3 Å². The van der Waals surface area contributed by atoms with Crippen LogP contribution in [0.4, 0.5) is 4.39 Å². The van der Waals surface area contributed by atoms with Crippen LogP contribution in [0, 0.1) is 11.7 Å². The number of hydrogen-bond donors (Lipinski definition) is 1.